The first kappa shape index (κ1) is 32.5. The fourth-order valence-electron chi connectivity index (χ4n) is 8.93. The predicted octanol–water partition coefficient (Wildman–Crippen LogP) is 13.8. The van der Waals surface area contributed by atoms with E-state index in [1.165, 1.54) is 55.6 Å². The van der Waals surface area contributed by atoms with Crippen molar-refractivity contribution < 1.29 is 0 Å². The number of hydrogen-bond acceptors (Lipinski definition) is 1. The molecule has 0 N–H and O–H groups in total. The van der Waals surface area contributed by atoms with E-state index in [-0.39, 0.29) is 5.41 Å². The van der Waals surface area contributed by atoms with Crippen molar-refractivity contribution in [2.45, 2.75) is 24.7 Å². The minimum atomic E-state index is -0.477. The molecule has 0 bridgehead atoms. The zero-order chi connectivity index (χ0) is 35.8. The fraction of sp³-hybridized carbons (Fsp3) is 0.0769. The second-order valence-corrected chi connectivity index (χ2v) is 14.5. The lowest BCUT2D eigenvalue weighted by Crippen LogP contribution is -2.49. The van der Waals surface area contributed by atoms with Crippen molar-refractivity contribution in [1.82, 2.24) is 0 Å². The molecule has 1 aliphatic carbocycles. The Labute approximate surface area is 313 Å². The molecular formula is C52H41N. The average Bonchev–Trinajstić information content (AvgIpc) is 3.23. The van der Waals surface area contributed by atoms with Gasteiger partial charge < -0.3 is 4.90 Å². The van der Waals surface area contributed by atoms with Crippen molar-refractivity contribution >= 4 is 17.1 Å². The van der Waals surface area contributed by atoms with Crippen molar-refractivity contribution in [1.29, 1.82) is 0 Å². The first-order valence-electron chi connectivity index (χ1n) is 18.5. The number of anilines is 3. The van der Waals surface area contributed by atoms with E-state index in [0.717, 1.165) is 17.1 Å². The first-order chi connectivity index (χ1) is 26.1. The summed E-state index contributed by atoms with van der Waals surface area (Å²) in [6, 6.07) is 77.7. The van der Waals surface area contributed by atoms with E-state index in [1.807, 2.05) is 0 Å². The van der Waals surface area contributed by atoms with Gasteiger partial charge in [-0.2, -0.15) is 0 Å². The molecule has 0 radical (unpaired) electrons. The fourth-order valence-corrected chi connectivity index (χ4v) is 8.93. The molecule has 0 fully saturated rings. The lowest BCUT2D eigenvalue weighted by atomic mass is 9.49. The summed E-state index contributed by atoms with van der Waals surface area (Å²) in [6.07, 6.45) is 0. The van der Waals surface area contributed by atoms with E-state index >= 15 is 0 Å². The van der Waals surface area contributed by atoms with E-state index in [0.29, 0.717) is 0 Å². The largest absolute Gasteiger partial charge is 0.310 e. The standard InChI is InChI=1S/C52H41N/c1-51(2)49-27-14-12-25-47(49)48-26-13-15-28-50(48)52(51,42-21-10-5-11-22-42)43-23-16-24-46(37-43)53(44-33-29-40(30-34-44)38-17-6-3-7-18-38)45-35-31-41(32-36-45)39-19-8-4-9-20-39/h3-37H,1-2H3. The molecule has 53 heavy (non-hydrogen) atoms. The highest BCUT2D eigenvalue weighted by atomic mass is 15.1. The summed E-state index contributed by atoms with van der Waals surface area (Å²) >= 11 is 0. The predicted molar refractivity (Wildman–Crippen MR) is 223 cm³/mol. The van der Waals surface area contributed by atoms with E-state index in [9.17, 15) is 0 Å². The minimum Gasteiger partial charge on any atom is -0.310 e. The molecule has 1 nitrogen and oxygen atoms in total. The summed E-state index contributed by atoms with van der Waals surface area (Å²) in [6.45, 7) is 4.87. The van der Waals surface area contributed by atoms with Gasteiger partial charge in [0.05, 0.1) is 5.41 Å². The van der Waals surface area contributed by atoms with Crippen LogP contribution in [0.1, 0.15) is 36.1 Å². The molecule has 0 aliphatic heterocycles. The van der Waals surface area contributed by atoms with E-state index in [2.05, 4.69) is 231 Å². The smallest absolute Gasteiger partial charge is 0.0549 e. The normalized spacial score (nSPS) is 15.6. The van der Waals surface area contributed by atoms with Crippen LogP contribution >= 0.6 is 0 Å². The van der Waals surface area contributed by atoms with Crippen LogP contribution < -0.4 is 4.90 Å². The maximum Gasteiger partial charge on any atom is 0.0549 e. The van der Waals surface area contributed by atoms with Crippen LogP contribution in [0.4, 0.5) is 17.1 Å². The third-order valence-corrected chi connectivity index (χ3v) is 11.4. The van der Waals surface area contributed by atoms with Crippen molar-refractivity contribution in [2.24, 2.45) is 0 Å². The highest BCUT2D eigenvalue weighted by molar-refractivity contribution is 5.84. The molecule has 0 saturated heterocycles. The van der Waals surface area contributed by atoms with Crippen molar-refractivity contribution in [3.8, 4) is 33.4 Å². The third-order valence-electron chi connectivity index (χ3n) is 11.4. The van der Waals surface area contributed by atoms with E-state index in [1.54, 1.807) is 0 Å². The molecule has 0 saturated carbocycles. The van der Waals surface area contributed by atoms with Crippen LogP contribution in [0.5, 0.6) is 0 Å². The molecule has 8 aromatic rings. The summed E-state index contributed by atoms with van der Waals surface area (Å²) in [5.74, 6) is 0. The number of fused-ring (bicyclic) bond motifs is 3. The van der Waals surface area contributed by atoms with Crippen molar-refractivity contribution in [2.75, 3.05) is 4.90 Å². The van der Waals surface area contributed by atoms with Crippen LogP contribution in [0, 0.1) is 0 Å². The Morgan fingerprint density at radius 3 is 1.28 bits per heavy atom. The zero-order valence-electron chi connectivity index (χ0n) is 30.2. The highest BCUT2D eigenvalue weighted by Gasteiger charge is 2.54. The molecule has 8 aromatic carbocycles. The van der Waals surface area contributed by atoms with Gasteiger partial charge in [-0.05, 0) is 92.0 Å². The van der Waals surface area contributed by atoms with Crippen LogP contribution in [-0.4, -0.2) is 0 Å². The van der Waals surface area contributed by atoms with Crippen LogP contribution in [0.15, 0.2) is 212 Å². The Balaban J connectivity index is 1.26. The van der Waals surface area contributed by atoms with Gasteiger partial charge in [-0.1, -0.05) is 190 Å². The van der Waals surface area contributed by atoms with Crippen molar-refractivity contribution in [3.63, 3.8) is 0 Å². The van der Waals surface area contributed by atoms with Gasteiger partial charge in [0.1, 0.15) is 0 Å². The number of rotatable bonds is 7. The highest BCUT2D eigenvalue weighted by Crippen LogP contribution is 2.60. The molecule has 1 atom stereocenters. The van der Waals surface area contributed by atoms with Gasteiger partial charge >= 0.3 is 0 Å². The zero-order valence-corrected chi connectivity index (χ0v) is 30.2. The molecule has 0 spiro atoms. The van der Waals surface area contributed by atoms with Crippen LogP contribution in [0.3, 0.4) is 0 Å². The van der Waals surface area contributed by atoms with E-state index in [4.69, 9.17) is 0 Å². The molecule has 1 aliphatic rings. The summed E-state index contributed by atoms with van der Waals surface area (Å²) in [5, 5.41) is 0. The summed E-state index contributed by atoms with van der Waals surface area (Å²) in [5.41, 5.74) is 15.2. The Bertz CT molecular complexity index is 2420. The van der Waals surface area contributed by atoms with Gasteiger partial charge in [0.2, 0.25) is 0 Å². The second-order valence-electron chi connectivity index (χ2n) is 14.5. The Morgan fingerprint density at radius 2 is 0.736 bits per heavy atom. The van der Waals surface area contributed by atoms with Gasteiger partial charge in [0, 0.05) is 22.5 Å². The average molecular weight is 680 g/mol. The molecule has 9 rings (SSSR count). The molecule has 0 heterocycles. The molecule has 0 amide bonds. The van der Waals surface area contributed by atoms with Gasteiger partial charge in [0.15, 0.2) is 0 Å². The van der Waals surface area contributed by atoms with Gasteiger partial charge in [-0.3, -0.25) is 0 Å². The van der Waals surface area contributed by atoms with Gasteiger partial charge in [0.25, 0.3) is 0 Å². The monoisotopic (exact) mass is 679 g/mol. The number of nitrogens with zero attached hydrogens (tertiary/aromatic N) is 1. The topological polar surface area (TPSA) is 3.24 Å². The van der Waals surface area contributed by atoms with Crippen molar-refractivity contribution in [3.05, 3.63) is 235 Å². The Hall–Kier alpha value is -6.44. The maximum absolute atomic E-state index is 2.44. The minimum absolute atomic E-state index is 0.294. The Kier molecular flexibility index (Phi) is 8.13. The number of hydrogen-bond donors (Lipinski definition) is 0. The number of benzene rings is 8. The summed E-state index contributed by atoms with van der Waals surface area (Å²) < 4.78 is 0. The Morgan fingerprint density at radius 1 is 0.321 bits per heavy atom. The molecule has 0 aromatic heterocycles. The second kappa shape index (κ2) is 13.3. The van der Waals surface area contributed by atoms with Crippen LogP contribution in [-0.2, 0) is 10.8 Å². The summed E-state index contributed by atoms with van der Waals surface area (Å²) in [4.78, 5) is 2.40. The van der Waals surface area contributed by atoms with Gasteiger partial charge in [-0.15, -0.1) is 0 Å². The molecule has 1 unspecified atom stereocenters. The quantitative estimate of drug-likeness (QED) is 0.162. The lowest BCUT2D eigenvalue weighted by molar-refractivity contribution is 0.353. The molecule has 1 heteroatoms. The first-order valence-corrected chi connectivity index (χ1v) is 18.5. The lowest BCUT2D eigenvalue weighted by Gasteiger charge is -2.53. The van der Waals surface area contributed by atoms with E-state index < -0.39 is 5.41 Å². The van der Waals surface area contributed by atoms with Crippen LogP contribution in [0.2, 0.25) is 0 Å². The summed E-state index contributed by atoms with van der Waals surface area (Å²) in [7, 11) is 0. The third kappa shape index (κ3) is 5.40. The molecule has 254 valence electrons. The molecular weight excluding hydrogens is 639 g/mol. The van der Waals surface area contributed by atoms with Crippen LogP contribution in [0.25, 0.3) is 33.4 Å². The van der Waals surface area contributed by atoms with Gasteiger partial charge in [-0.25, -0.2) is 0 Å². The maximum atomic E-state index is 2.44. The SMILES string of the molecule is CC1(C)c2ccccc2-c2ccccc2C1(c1ccccc1)c1cccc(N(c2ccc(-c3ccccc3)cc2)c2ccc(-c3ccccc3)cc2)c1.